The van der Waals surface area contributed by atoms with Crippen LogP contribution in [0.3, 0.4) is 0 Å². The second-order valence-electron chi connectivity index (χ2n) is 4.90. The Bertz CT molecular complexity index is 839. The van der Waals surface area contributed by atoms with E-state index in [-0.39, 0.29) is 11.9 Å². The molecule has 2 heterocycles. The zero-order valence-corrected chi connectivity index (χ0v) is 14.2. The molecule has 0 radical (unpaired) electrons. The number of rotatable bonds is 7. The summed E-state index contributed by atoms with van der Waals surface area (Å²) in [6.07, 6.45) is 1.53. The highest BCUT2D eigenvalue weighted by molar-refractivity contribution is 7.09. The fourth-order valence-corrected chi connectivity index (χ4v) is 2.59. The van der Waals surface area contributed by atoms with Gasteiger partial charge in [-0.25, -0.2) is 4.98 Å². The van der Waals surface area contributed by atoms with Crippen LogP contribution in [-0.4, -0.2) is 23.0 Å². The number of hydrogen-bond donors (Lipinski definition) is 2. The van der Waals surface area contributed by atoms with Crippen LogP contribution in [0.4, 0.5) is 5.95 Å². The lowest BCUT2D eigenvalue weighted by atomic mass is 10.2. The molecule has 1 aromatic carbocycles. The molecule has 0 unspecified atom stereocenters. The fourth-order valence-electron chi connectivity index (χ4n) is 1.98. The maximum atomic E-state index is 12.2. The largest absolute Gasteiger partial charge is 0.488 e. The minimum Gasteiger partial charge on any atom is -0.488 e. The lowest BCUT2D eigenvalue weighted by Gasteiger charge is -2.09. The van der Waals surface area contributed by atoms with Gasteiger partial charge in [-0.05, 0) is 29.6 Å². The van der Waals surface area contributed by atoms with E-state index in [1.165, 1.54) is 13.3 Å². The van der Waals surface area contributed by atoms with Gasteiger partial charge in [-0.15, -0.1) is 11.3 Å². The Morgan fingerprint density at radius 3 is 2.96 bits per heavy atom. The molecule has 128 valence electrons. The normalized spacial score (nSPS) is 10.1. The standard InChI is InChI=1S/C17H16N4O3S/c1-23-15-7-8-18-17(19-15)21-20-16(22)12-4-2-5-13(10-12)24-11-14-6-3-9-25-14/h2-10H,11H2,1H3,(H,20,22)(H,18,19,21). The van der Waals surface area contributed by atoms with Gasteiger partial charge in [0, 0.05) is 22.7 Å². The van der Waals surface area contributed by atoms with Gasteiger partial charge in [-0.1, -0.05) is 12.1 Å². The third-order valence-corrected chi connectivity index (χ3v) is 4.03. The van der Waals surface area contributed by atoms with E-state index in [1.54, 1.807) is 35.6 Å². The summed E-state index contributed by atoms with van der Waals surface area (Å²) in [5, 5.41) is 1.99. The molecule has 8 heteroatoms. The van der Waals surface area contributed by atoms with Gasteiger partial charge in [-0.3, -0.25) is 15.6 Å². The first-order valence-corrected chi connectivity index (χ1v) is 8.31. The molecule has 0 aliphatic carbocycles. The van der Waals surface area contributed by atoms with E-state index in [4.69, 9.17) is 9.47 Å². The molecular weight excluding hydrogens is 340 g/mol. The minimum absolute atomic E-state index is 0.234. The molecule has 0 aliphatic heterocycles. The fraction of sp³-hybridized carbons (Fsp3) is 0.118. The SMILES string of the molecule is COc1ccnc(NNC(=O)c2cccc(OCc3cccs3)c2)n1. The van der Waals surface area contributed by atoms with Crippen molar-refractivity contribution in [2.24, 2.45) is 0 Å². The number of ether oxygens (including phenoxy) is 2. The zero-order chi connectivity index (χ0) is 17.5. The predicted molar refractivity (Wildman–Crippen MR) is 94.8 cm³/mol. The van der Waals surface area contributed by atoms with Crippen LogP contribution < -0.4 is 20.3 Å². The Morgan fingerprint density at radius 1 is 1.24 bits per heavy atom. The van der Waals surface area contributed by atoms with Crippen LogP contribution in [0.25, 0.3) is 0 Å². The number of benzene rings is 1. The number of nitrogens with zero attached hydrogens (tertiary/aromatic N) is 2. The summed E-state index contributed by atoms with van der Waals surface area (Å²) >= 11 is 1.62. The van der Waals surface area contributed by atoms with E-state index < -0.39 is 0 Å². The van der Waals surface area contributed by atoms with Crippen molar-refractivity contribution in [2.75, 3.05) is 12.5 Å². The third kappa shape index (κ3) is 4.67. The number of anilines is 1. The first-order chi connectivity index (χ1) is 12.2. The van der Waals surface area contributed by atoms with Crippen molar-refractivity contribution in [3.05, 3.63) is 64.5 Å². The quantitative estimate of drug-likeness (QED) is 0.633. The molecule has 0 atom stereocenters. The van der Waals surface area contributed by atoms with E-state index in [2.05, 4.69) is 20.8 Å². The van der Waals surface area contributed by atoms with Crippen molar-refractivity contribution >= 4 is 23.2 Å². The number of hydrogen-bond acceptors (Lipinski definition) is 7. The summed E-state index contributed by atoms with van der Waals surface area (Å²) in [5.74, 6) is 0.931. The van der Waals surface area contributed by atoms with E-state index in [0.29, 0.717) is 23.8 Å². The average molecular weight is 356 g/mol. The molecule has 0 saturated heterocycles. The Balaban J connectivity index is 1.58. The highest BCUT2D eigenvalue weighted by atomic mass is 32.1. The van der Waals surface area contributed by atoms with E-state index >= 15 is 0 Å². The molecule has 2 N–H and O–H groups in total. The molecule has 0 bridgehead atoms. The van der Waals surface area contributed by atoms with Gasteiger partial charge in [0.1, 0.15) is 12.4 Å². The molecule has 1 amide bonds. The third-order valence-electron chi connectivity index (χ3n) is 3.18. The molecule has 0 aliphatic rings. The lowest BCUT2D eigenvalue weighted by molar-refractivity contribution is 0.0961. The van der Waals surface area contributed by atoms with Crippen LogP contribution in [-0.2, 0) is 6.61 Å². The van der Waals surface area contributed by atoms with Gasteiger partial charge in [0.15, 0.2) is 0 Å². The molecule has 3 rings (SSSR count). The second kappa shape index (κ2) is 8.11. The van der Waals surface area contributed by atoms with Crippen molar-refractivity contribution in [3.8, 4) is 11.6 Å². The first-order valence-electron chi connectivity index (χ1n) is 7.43. The summed E-state index contributed by atoms with van der Waals surface area (Å²) in [7, 11) is 1.51. The predicted octanol–water partition coefficient (Wildman–Crippen LogP) is 2.88. The van der Waals surface area contributed by atoms with Crippen LogP contribution in [0.15, 0.2) is 54.0 Å². The molecular formula is C17H16N4O3S. The monoisotopic (exact) mass is 356 g/mol. The first kappa shape index (κ1) is 16.7. The minimum atomic E-state index is -0.326. The van der Waals surface area contributed by atoms with Crippen molar-refractivity contribution in [1.29, 1.82) is 0 Å². The Labute approximate surface area is 148 Å². The molecule has 3 aromatic rings. The lowest BCUT2D eigenvalue weighted by Crippen LogP contribution is -2.30. The van der Waals surface area contributed by atoms with E-state index in [1.807, 2.05) is 23.6 Å². The Hall–Kier alpha value is -3.13. The molecule has 2 aromatic heterocycles. The van der Waals surface area contributed by atoms with Crippen LogP contribution in [0, 0.1) is 0 Å². The van der Waals surface area contributed by atoms with Crippen molar-refractivity contribution in [2.45, 2.75) is 6.61 Å². The van der Waals surface area contributed by atoms with Gasteiger partial charge in [0.2, 0.25) is 11.8 Å². The number of hydrazine groups is 1. The molecule has 25 heavy (non-hydrogen) atoms. The summed E-state index contributed by atoms with van der Waals surface area (Å²) in [6, 6.07) is 12.5. The second-order valence-corrected chi connectivity index (χ2v) is 5.93. The van der Waals surface area contributed by atoms with Gasteiger partial charge in [0.05, 0.1) is 7.11 Å². The van der Waals surface area contributed by atoms with E-state index in [0.717, 1.165) is 4.88 Å². The molecule has 0 spiro atoms. The molecule has 7 nitrogen and oxygen atoms in total. The zero-order valence-electron chi connectivity index (χ0n) is 13.4. The summed E-state index contributed by atoms with van der Waals surface area (Å²) in [4.78, 5) is 21.4. The molecule has 0 fully saturated rings. The Kier molecular flexibility index (Phi) is 5.43. The number of carbonyl (C=O) groups is 1. The van der Waals surface area contributed by atoms with Crippen molar-refractivity contribution in [1.82, 2.24) is 15.4 Å². The summed E-state index contributed by atoms with van der Waals surface area (Å²) < 4.78 is 10.7. The highest BCUT2D eigenvalue weighted by Gasteiger charge is 2.08. The smallest absolute Gasteiger partial charge is 0.269 e. The number of aromatic nitrogens is 2. The maximum absolute atomic E-state index is 12.2. The molecule has 0 saturated carbocycles. The van der Waals surface area contributed by atoms with Gasteiger partial charge in [0.25, 0.3) is 5.91 Å². The maximum Gasteiger partial charge on any atom is 0.269 e. The average Bonchev–Trinajstić information content (AvgIpc) is 3.18. The number of carbonyl (C=O) groups excluding carboxylic acids is 1. The summed E-state index contributed by atoms with van der Waals surface area (Å²) in [5.41, 5.74) is 5.65. The number of nitrogens with one attached hydrogen (secondary N) is 2. The topological polar surface area (TPSA) is 85.4 Å². The van der Waals surface area contributed by atoms with Crippen molar-refractivity contribution < 1.29 is 14.3 Å². The van der Waals surface area contributed by atoms with Crippen LogP contribution >= 0.6 is 11.3 Å². The van der Waals surface area contributed by atoms with Gasteiger partial charge >= 0.3 is 0 Å². The van der Waals surface area contributed by atoms with Crippen molar-refractivity contribution in [3.63, 3.8) is 0 Å². The summed E-state index contributed by atoms with van der Waals surface area (Å²) in [6.45, 7) is 0.471. The van der Waals surface area contributed by atoms with Crippen LogP contribution in [0.1, 0.15) is 15.2 Å². The highest BCUT2D eigenvalue weighted by Crippen LogP contribution is 2.17. The Morgan fingerprint density at radius 2 is 2.16 bits per heavy atom. The van der Waals surface area contributed by atoms with Crippen LogP contribution in [0.2, 0.25) is 0 Å². The van der Waals surface area contributed by atoms with Gasteiger partial charge in [-0.2, -0.15) is 4.98 Å². The van der Waals surface area contributed by atoms with Gasteiger partial charge < -0.3 is 9.47 Å². The number of thiophene rings is 1. The number of amides is 1. The number of methoxy groups -OCH3 is 1. The van der Waals surface area contributed by atoms with E-state index in [9.17, 15) is 4.79 Å². The van der Waals surface area contributed by atoms with Crippen LogP contribution in [0.5, 0.6) is 11.6 Å².